The van der Waals surface area contributed by atoms with Crippen molar-refractivity contribution in [2.45, 2.75) is 38.0 Å². The van der Waals surface area contributed by atoms with Crippen molar-refractivity contribution in [3.63, 3.8) is 0 Å². The van der Waals surface area contributed by atoms with E-state index in [1.54, 1.807) is 18.2 Å². The zero-order chi connectivity index (χ0) is 25.5. The van der Waals surface area contributed by atoms with Gasteiger partial charge in [-0.05, 0) is 12.1 Å². The highest BCUT2D eigenvalue weighted by atomic mass is 16.6. The van der Waals surface area contributed by atoms with Gasteiger partial charge < -0.3 is 34.9 Å². The van der Waals surface area contributed by atoms with Gasteiger partial charge >= 0.3 is 12.1 Å². The lowest BCUT2D eigenvalue weighted by Gasteiger charge is -2.25. The molecule has 1 aromatic carbocycles. The van der Waals surface area contributed by atoms with Crippen LogP contribution in [0.25, 0.3) is 0 Å². The topological polar surface area (TPSA) is 172 Å². The Labute approximate surface area is 200 Å². The van der Waals surface area contributed by atoms with Crippen LogP contribution in [0.4, 0.5) is 16.2 Å². The Kier molecular flexibility index (Phi) is 8.36. The molecular weight excluding hydrogens is 464 g/mol. The molecule has 0 bridgehead atoms. The first-order chi connectivity index (χ1) is 16.7. The zero-order valence-electron chi connectivity index (χ0n) is 19.0. The van der Waals surface area contributed by atoms with Crippen LogP contribution in [0.5, 0.6) is 0 Å². The van der Waals surface area contributed by atoms with E-state index >= 15 is 0 Å². The number of alkyl carbamates (subject to hydrolysis) is 1. The number of rotatable bonds is 8. The summed E-state index contributed by atoms with van der Waals surface area (Å²) in [5.41, 5.74) is 0.561. The zero-order valence-corrected chi connectivity index (χ0v) is 19.0. The van der Waals surface area contributed by atoms with E-state index in [0.29, 0.717) is 18.7 Å². The molecule has 1 aromatic rings. The Morgan fingerprint density at radius 1 is 1.26 bits per heavy atom. The molecule has 4 amide bonds. The SMILES string of the molecule is CC(=O)N1C[C@H](NC(=O)O[C@H]2CCOC2)C(=O)N(CC(=O)N[C@H](C=O)CC(=O)O)c2ccccc21. The molecule has 35 heavy (non-hydrogen) atoms. The molecule has 3 N–H and O–H groups in total. The van der Waals surface area contributed by atoms with Crippen LogP contribution in [0.2, 0.25) is 0 Å². The highest BCUT2D eigenvalue weighted by molar-refractivity contribution is 6.09. The minimum atomic E-state index is -1.29. The number of benzene rings is 1. The number of amides is 4. The summed E-state index contributed by atoms with van der Waals surface area (Å²) in [6.07, 6.45) is -1.17. The van der Waals surface area contributed by atoms with Crippen LogP contribution >= 0.6 is 0 Å². The number of aldehydes is 1. The molecule has 0 saturated carbocycles. The summed E-state index contributed by atoms with van der Waals surface area (Å²) in [5, 5.41) is 13.6. The summed E-state index contributed by atoms with van der Waals surface area (Å²) >= 11 is 0. The molecule has 0 aliphatic carbocycles. The molecule has 1 saturated heterocycles. The average molecular weight is 490 g/mol. The Bertz CT molecular complexity index is 1010. The number of carbonyl (C=O) groups is 6. The highest BCUT2D eigenvalue weighted by Crippen LogP contribution is 2.32. The Morgan fingerprint density at radius 2 is 1.97 bits per heavy atom. The molecular formula is C22H26N4O9. The van der Waals surface area contributed by atoms with Gasteiger partial charge in [0.25, 0.3) is 5.91 Å². The summed E-state index contributed by atoms with van der Waals surface area (Å²) in [6.45, 7) is 1.18. The second-order valence-electron chi connectivity index (χ2n) is 8.04. The first kappa shape index (κ1) is 25.6. The third-order valence-corrected chi connectivity index (χ3v) is 5.43. The number of carbonyl (C=O) groups excluding carboxylic acids is 5. The van der Waals surface area contributed by atoms with E-state index in [1.807, 2.05) is 0 Å². The summed E-state index contributed by atoms with van der Waals surface area (Å²) in [7, 11) is 0. The normalized spacial score (nSPS) is 20.3. The number of nitrogens with zero attached hydrogens (tertiary/aromatic N) is 2. The van der Waals surface area contributed by atoms with Crippen molar-refractivity contribution in [3.05, 3.63) is 24.3 Å². The maximum Gasteiger partial charge on any atom is 0.408 e. The van der Waals surface area contributed by atoms with Gasteiger partial charge in [-0.1, -0.05) is 12.1 Å². The molecule has 0 spiro atoms. The molecule has 188 valence electrons. The maximum absolute atomic E-state index is 13.5. The fourth-order valence-corrected chi connectivity index (χ4v) is 3.81. The average Bonchev–Trinajstić information content (AvgIpc) is 3.28. The van der Waals surface area contributed by atoms with Gasteiger partial charge in [0.2, 0.25) is 11.8 Å². The number of carboxylic acids is 1. The fraction of sp³-hybridized carbons (Fsp3) is 0.455. The number of anilines is 2. The summed E-state index contributed by atoms with van der Waals surface area (Å²) in [6, 6.07) is 3.83. The van der Waals surface area contributed by atoms with Gasteiger partial charge in [-0.3, -0.25) is 24.1 Å². The number of para-hydroxylation sites is 2. The second kappa shape index (κ2) is 11.4. The van der Waals surface area contributed by atoms with E-state index in [-0.39, 0.29) is 25.1 Å². The van der Waals surface area contributed by atoms with Crippen LogP contribution in [0.1, 0.15) is 19.8 Å². The molecule has 2 aliphatic rings. The lowest BCUT2D eigenvalue weighted by Crippen LogP contribution is -2.55. The molecule has 3 atom stereocenters. The quantitative estimate of drug-likeness (QED) is 0.404. The van der Waals surface area contributed by atoms with E-state index in [2.05, 4.69) is 10.6 Å². The van der Waals surface area contributed by atoms with Crippen LogP contribution in [-0.4, -0.2) is 85.7 Å². The fourth-order valence-electron chi connectivity index (χ4n) is 3.81. The van der Waals surface area contributed by atoms with Gasteiger partial charge in [0.1, 0.15) is 25.0 Å². The van der Waals surface area contributed by atoms with Crippen molar-refractivity contribution in [3.8, 4) is 0 Å². The molecule has 0 aromatic heterocycles. The van der Waals surface area contributed by atoms with Gasteiger partial charge in [0.15, 0.2) is 0 Å². The monoisotopic (exact) mass is 490 g/mol. The van der Waals surface area contributed by atoms with Crippen molar-refractivity contribution in [1.82, 2.24) is 10.6 Å². The predicted octanol–water partition coefficient (Wildman–Crippen LogP) is -0.572. The largest absolute Gasteiger partial charge is 0.481 e. The second-order valence-corrected chi connectivity index (χ2v) is 8.04. The van der Waals surface area contributed by atoms with Crippen molar-refractivity contribution < 1.29 is 43.3 Å². The Hall–Kier alpha value is -4.00. The number of nitrogens with one attached hydrogen (secondary N) is 2. The maximum atomic E-state index is 13.5. The predicted molar refractivity (Wildman–Crippen MR) is 120 cm³/mol. The minimum Gasteiger partial charge on any atom is -0.481 e. The number of ether oxygens (including phenoxy) is 2. The molecule has 2 heterocycles. The summed E-state index contributed by atoms with van der Waals surface area (Å²) < 4.78 is 10.4. The smallest absolute Gasteiger partial charge is 0.408 e. The van der Waals surface area contributed by atoms with Crippen LogP contribution < -0.4 is 20.4 Å². The van der Waals surface area contributed by atoms with E-state index in [1.165, 1.54) is 17.9 Å². The molecule has 0 radical (unpaired) electrons. The van der Waals surface area contributed by atoms with Crippen molar-refractivity contribution in [2.24, 2.45) is 0 Å². The summed E-state index contributed by atoms with van der Waals surface area (Å²) in [4.78, 5) is 75.4. The number of carboxylic acid groups (broad SMARTS) is 1. The summed E-state index contributed by atoms with van der Waals surface area (Å²) in [5.74, 6) is -3.18. The molecule has 13 nitrogen and oxygen atoms in total. The first-order valence-electron chi connectivity index (χ1n) is 10.9. The van der Waals surface area contributed by atoms with Crippen molar-refractivity contribution in [1.29, 1.82) is 0 Å². The minimum absolute atomic E-state index is 0.213. The third kappa shape index (κ3) is 6.53. The number of fused-ring (bicyclic) bond motifs is 1. The van der Waals surface area contributed by atoms with E-state index in [9.17, 15) is 28.8 Å². The molecule has 1 fully saturated rings. The molecule has 3 rings (SSSR count). The Balaban J connectivity index is 1.86. The standard InChI is InChI=1S/C22H26N4O9/c1-13(28)25-9-16(24-22(33)35-15-6-7-34-12-15)21(32)26(18-5-3-2-4-17(18)25)10-19(29)23-14(11-27)8-20(30)31/h2-5,11,14-16H,6-10,12H2,1H3,(H,23,29)(H,24,33)(H,30,31)/t14-,15-,16-/m0/s1. The van der Waals surface area contributed by atoms with Gasteiger partial charge in [0.05, 0.1) is 43.6 Å². The van der Waals surface area contributed by atoms with E-state index in [0.717, 1.165) is 4.90 Å². The van der Waals surface area contributed by atoms with Crippen LogP contribution in [0, 0.1) is 0 Å². The van der Waals surface area contributed by atoms with Gasteiger partial charge in [-0.25, -0.2) is 4.79 Å². The molecule has 0 unspecified atom stereocenters. The van der Waals surface area contributed by atoms with Gasteiger partial charge in [-0.2, -0.15) is 0 Å². The lowest BCUT2D eigenvalue weighted by molar-refractivity contribution is -0.139. The van der Waals surface area contributed by atoms with E-state index in [4.69, 9.17) is 14.6 Å². The van der Waals surface area contributed by atoms with Crippen molar-refractivity contribution in [2.75, 3.05) is 36.1 Å². The molecule has 13 heteroatoms. The van der Waals surface area contributed by atoms with E-state index < -0.39 is 60.9 Å². The van der Waals surface area contributed by atoms with Crippen molar-refractivity contribution >= 4 is 47.4 Å². The number of hydrogen-bond donors (Lipinski definition) is 3. The van der Waals surface area contributed by atoms with Crippen LogP contribution in [0.3, 0.4) is 0 Å². The Morgan fingerprint density at radius 3 is 2.57 bits per heavy atom. The van der Waals surface area contributed by atoms with Crippen LogP contribution in [-0.2, 0) is 33.4 Å². The van der Waals surface area contributed by atoms with Gasteiger partial charge in [-0.15, -0.1) is 0 Å². The van der Waals surface area contributed by atoms with Crippen LogP contribution in [0.15, 0.2) is 24.3 Å². The molecule has 2 aliphatic heterocycles. The third-order valence-electron chi connectivity index (χ3n) is 5.43. The first-order valence-corrected chi connectivity index (χ1v) is 10.9. The number of hydrogen-bond acceptors (Lipinski definition) is 8. The highest BCUT2D eigenvalue weighted by Gasteiger charge is 2.37. The number of aliphatic carboxylic acids is 1. The lowest BCUT2D eigenvalue weighted by atomic mass is 10.2. The van der Waals surface area contributed by atoms with Gasteiger partial charge in [0, 0.05) is 13.3 Å².